The number of furan rings is 1. The van der Waals surface area contributed by atoms with Gasteiger partial charge in [-0.15, -0.1) is 0 Å². The van der Waals surface area contributed by atoms with Crippen LogP contribution in [0.15, 0.2) is 27.5 Å². The van der Waals surface area contributed by atoms with Gasteiger partial charge in [-0.2, -0.15) is 5.10 Å². The van der Waals surface area contributed by atoms with E-state index in [0.717, 1.165) is 35.3 Å². The first-order valence-corrected chi connectivity index (χ1v) is 7.37. The van der Waals surface area contributed by atoms with E-state index in [0.29, 0.717) is 0 Å². The molecule has 0 aliphatic heterocycles. The van der Waals surface area contributed by atoms with Crippen LogP contribution >= 0.6 is 15.9 Å². The van der Waals surface area contributed by atoms with Crippen molar-refractivity contribution in [3.05, 3.63) is 40.0 Å². The molecule has 1 N–H and O–H groups in total. The van der Waals surface area contributed by atoms with E-state index in [1.807, 2.05) is 24.7 Å². The molecule has 0 aliphatic rings. The third-order valence-electron chi connectivity index (χ3n) is 3.17. The molecule has 5 heteroatoms. The summed E-state index contributed by atoms with van der Waals surface area (Å²) >= 11 is 3.47. The molecular formula is C14H20BrN3O. The topological polar surface area (TPSA) is 43.0 Å². The molecule has 2 rings (SSSR count). The van der Waals surface area contributed by atoms with Crippen molar-refractivity contribution in [2.75, 3.05) is 6.54 Å². The highest BCUT2D eigenvalue weighted by molar-refractivity contribution is 9.10. The maximum absolute atomic E-state index is 5.35. The first kappa shape index (κ1) is 14.3. The molecule has 2 heterocycles. The van der Waals surface area contributed by atoms with Crippen LogP contribution in [0.3, 0.4) is 0 Å². The SMILES string of the molecule is CCCNC(Cc1cc(C)nn1C)c1ccoc1Br. The molecule has 0 saturated heterocycles. The van der Waals surface area contributed by atoms with Gasteiger partial charge in [-0.1, -0.05) is 6.92 Å². The predicted molar refractivity (Wildman–Crippen MR) is 79.1 cm³/mol. The lowest BCUT2D eigenvalue weighted by atomic mass is 10.0. The number of halogens is 1. The lowest BCUT2D eigenvalue weighted by Crippen LogP contribution is -2.24. The number of nitrogens with zero attached hydrogens (tertiary/aromatic N) is 2. The summed E-state index contributed by atoms with van der Waals surface area (Å²) < 4.78 is 8.11. The van der Waals surface area contributed by atoms with E-state index in [2.05, 4.69) is 39.3 Å². The van der Waals surface area contributed by atoms with E-state index >= 15 is 0 Å². The molecule has 0 aromatic carbocycles. The Morgan fingerprint density at radius 2 is 2.32 bits per heavy atom. The first-order valence-electron chi connectivity index (χ1n) is 6.57. The number of rotatable bonds is 6. The second kappa shape index (κ2) is 6.39. The Morgan fingerprint density at radius 1 is 1.53 bits per heavy atom. The van der Waals surface area contributed by atoms with Crippen molar-refractivity contribution in [3.8, 4) is 0 Å². The van der Waals surface area contributed by atoms with Gasteiger partial charge in [-0.3, -0.25) is 4.68 Å². The van der Waals surface area contributed by atoms with Gasteiger partial charge >= 0.3 is 0 Å². The molecule has 0 fully saturated rings. The molecule has 0 radical (unpaired) electrons. The van der Waals surface area contributed by atoms with Gasteiger partial charge in [0.1, 0.15) is 0 Å². The van der Waals surface area contributed by atoms with Gasteiger partial charge in [0.05, 0.1) is 12.0 Å². The van der Waals surface area contributed by atoms with E-state index in [-0.39, 0.29) is 6.04 Å². The fourth-order valence-electron chi connectivity index (χ4n) is 2.23. The maximum atomic E-state index is 5.35. The van der Waals surface area contributed by atoms with Crippen LogP contribution < -0.4 is 5.32 Å². The summed E-state index contributed by atoms with van der Waals surface area (Å²) in [6, 6.07) is 4.39. The van der Waals surface area contributed by atoms with Gasteiger partial charge in [-0.05, 0) is 48.0 Å². The smallest absolute Gasteiger partial charge is 0.173 e. The molecule has 0 amide bonds. The van der Waals surface area contributed by atoms with Gasteiger partial charge in [0.25, 0.3) is 0 Å². The third kappa shape index (κ3) is 3.48. The zero-order valence-electron chi connectivity index (χ0n) is 11.6. The number of aryl methyl sites for hydroxylation is 2. The quantitative estimate of drug-likeness (QED) is 0.885. The number of nitrogens with one attached hydrogen (secondary N) is 1. The third-order valence-corrected chi connectivity index (χ3v) is 3.82. The molecular weight excluding hydrogens is 306 g/mol. The van der Waals surface area contributed by atoms with Gasteiger partial charge in [-0.25, -0.2) is 0 Å². The minimum Gasteiger partial charge on any atom is -0.457 e. The van der Waals surface area contributed by atoms with Crippen LogP contribution in [-0.2, 0) is 13.5 Å². The molecule has 0 bridgehead atoms. The van der Waals surface area contributed by atoms with Crippen LogP contribution in [0.5, 0.6) is 0 Å². The Kier molecular flexibility index (Phi) is 4.82. The zero-order valence-corrected chi connectivity index (χ0v) is 13.2. The summed E-state index contributed by atoms with van der Waals surface area (Å²) in [5.41, 5.74) is 3.43. The molecule has 0 spiro atoms. The molecule has 0 aliphatic carbocycles. The first-order chi connectivity index (χ1) is 9.11. The van der Waals surface area contributed by atoms with Crippen LogP contribution in [-0.4, -0.2) is 16.3 Å². The zero-order chi connectivity index (χ0) is 13.8. The van der Waals surface area contributed by atoms with Gasteiger partial charge in [0, 0.05) is 30.8 Å². The normalized spacial score (nSPS) is 12.8. The van der Waals surface area contributed by atoms with E-state index in [4.69, 9.17) is 4.42 Å². The van der Waals surface area contributed by atoms with Crippen molar-refractivity contribution in [2.45, 2.75) is 32.7 Å². The monoisotopic (exact) mass is 325 g/mol. The molecule has 2 aromatic heterocycles. The number of hydrogen-bond donors (Lipinski definition) is 1. The molecule has 1 unspecified atom stereocenters. The van der Waals surface area contributed by atoms with E-state index in [9.17, 15) is 0 Å². The van der Waals surface area contributed by atoms with Crippen LogP contribution in [0.1, 0.15) is 36.3 Å². The van der Waals surface area contributed by atoms with Crippen molar-refractivity contribution < 1.29 is 4.42 Å². The second-order valence-corrected chi connectivity index (χ2v) is 5.48. The summed E-state index contributed by atoms with van der Waals surface area (Å²) in [5, 5.41) is 7.97. The van der Waals surface area contributed by atoms with E-state index < -0.39 is 0 Å². The second-order valence-electron chi connectivity index (χ2n) is 4.76. The average molecular weight is 326 g/mol. The number of hydrogen-bond acceptors (Lipinski definition) is 3. The summed E-state index contributed by atoms with van der Waals surface area (Å²) in [4.78, 5) is 0. The van der Waals surface area contributed by atoms with Crippen LogP contribution in [0, 0.1) is 6.92 Å². The van der Waals surface area contributed by atoms with Crippen molar-refractivity contribution in [3.63, 3.8) is 0 Å². The molecule has 104 valence electrons. The van der Waals surface area contributed by atoms with Crippen LogP contribution in [0.2, 0.25) is 0 Å². The Labute approximate surface area is 122 Å². The van der Waals surface area contributed by atoms with E-state index in [1.165, 1.54) is 5.69 Å². The summed E-state index contributed by atoms with van der Waals surface area (Å²) in [6.07, 6.45) is 3.72. The standard InChI is InChI=1S/C14H20BrN3O/c1-4-6-16-13(12-5-7-19-14(12)15)9-11-8-10(2)17-18(11)3/h5,7-8,13,16H,4,6,9H2,1-3H3. The molecule has 2 aromatic rings. The lowest BCUT2D eigenvalue weighted by molar-refractivity contribution is 0.488. The van der Waals surface area contributed by atoms with Crippen molar-refractivity contribution >= 4 is 15.9 Å². The molecule has 0 saturated carbocycles. The minimum atomic E-state index is 0.239. The highest BCUT2D eigenvalue weighted by Crippen LogP contribution is 2.27. The highest BCUT2D eigenvalue weighted by Gasteiger charge is 2.18. The van der Waals surface area contributed by atoms with Gasteiger partial charge in [0.2, 0.25) is 0 Å². The largest absolute Gasteiger partial charge is 0.457 e. The van der Waals surface area contributed by atoms with Crippen LogP contribution in [0.4, 0.5) is 0 Å². The van der Waals surface area contributed by atoms with Crippen molar-refractivity contribution in [1.29, 1.82) is 0 Å². The Bertz CT molecular complexity index is 533. The van der Waals surface area contributed by atoms with Gasteiger partial charge < -0.3 is 9.73 Å². The molecule has 1 atom stereocenters. The lowest BCUT2D eigenvalue weighted by Gasteiger charge is -2.17. The Morgan fingerprint density at radius 3 is 2.84 bits per heavy atom. The Balaban J connectivity index is 2.19. The average Bonchev–Trinajstić information content (AvgIpc) is 2.91. The van der Waals surface area contributed by atoms with Crippen LogP contribution in [0.25, 0.3) is 0 Å². The maximum Gasteiger partial charge on any atom is 0.173 e. The van der Waals surface area contributed by atoms with E-state index in [1.54, 1.807) is 6.26 Å². The molecule has 4 nitrogen and oxygen atoms in total. The summed E-state index contributed by atoms with van der Waals surface area (Å²) in [7, 11) is 1.99. The fourth-order valence-corrected chi connectivity index (χ4v) is 2.75. The van der Waals surface area contributed by atoms with Gasteiger partial charge in [0.15, 0.2) is 4.67 Å². The summed E-state index contributed by atoms with van der Waals surface area (Å²) in [5.74, 6) is 0. The van der Waals surface area contributed by atoms with Crippen molar-refractivity contribution in [1.82, 2.24) is 15.1 Å². The van der Waals surface area contributed by atoms with Crippen molar-refractivity contribution in [2.24, 2.45) is 7.05 Å². The highest BCUT2D eigenvalue weighted by atomic mass is 79.9. The minimum absolute atomic E-state index is 0.239. The Hall–Kier alpha value is -1.07. The predicted octanol–water partition coefficient (Wildman–Crippen LogP) is 3.37. The number of aromatic nitrogens is 2. The molecule has 19 heavy (non-hydrogen) atoms. The summed E-state index contributed by atoms with van der Waals surface area (Å²) in [6.45, 7) is 5.17. The fraction of sp³-hybridized carbons (Fsp3) is 0.500.